The summed E-state index contributed by atoms with van der Waals surface area (Å²) in [6.07, 6.45) is 2.12. The van der Waals surface area contributed by atoms with Gasteiger partial charge in [-0.1, -0.05) is 24.3 Å². The summed E-state index contributed by atoms with van der Waals surface area (Å²) in [7, 11) is 0. The van der Waals surface area contributed by atoms with E-state index in [-0.39, 0.29) is 29.4 Å². The highest BCUT2D eigenvalue weighted by molar-refractivity contribution is 5.27. The zero-order valence-electron chi connectivity index (χ0n) is 15.5. The second kappa shape index (κ2) is 9.60. The first-order valence-electron chi connectivity index (χ1n) is 9.27. The molecule has 0 aliphatic heterocycles. The lowest BCUT2D eigenvalue weighted by atomic mass is 9.77. The molecule has 0 aromatic heterocycles. The number of aliphatic hydroxyl groups excluding tert-OH is 2. The second-order valence-electron chi connectivity index (χ2n) is 7.33. The molecule has 0 radical (unpaired) electrons. The molecule has 2 rings (SSSR count). The zero-order valence-corrected chi connectivity index (χ0v) is 15.5. The largest absolute Gasteiger partial charge is 0.508 e. The van der Waals surface area contributed by atoms with Crippen LogP contribution in [0, 0.1) is 11.8 Å². The Kier molecular flexibility index (Phi) is 7.49. The fourth-order valence-electron chi connectivity index (χ4n) is 3.49. The first-order chi connectivity index (χ1) is 12.3. The van der Waals surface area contributed by atoms with Crippen LogP contribution in [0.4, 0.5) is 0 Å². The average molecular weight is 358 g/mol. The van der Waals surface area contributed by atoms with E-state index >= 15 is 0 Å². The van der Waals surface area contributed by atoms with Crippen molar-refractivity contribution in [1.29, 1.82) is 0 Å². The summed E-state index contributed by atoms with van der Waals surface area (Å²) in [6, 6.07) is 14.3. The number of rotatable bonds is 9. The molecule has 142 valence electrons. The van der Waals surface area contributed by atoms with Crippen LogP contribution in [0.5, 0.6) is 11.5 Å². The highest BCUT2D eigenvalue weighted by atomic mass is 16.3. The van der Waals surface area contributed by atoms with Gasteiger partial charge < -0.3 is 20.4 Å². The molecule has 0 amide bonds. The zero-order chi connectivity index (χ0) is 19.1. The van der Waals surface area contributed by atoms with Crippen LogP contribution in [-0.2, 0) is 12.8 Å². The normalized spacial score (nSPS) is 16.0. The number of aliphatic hydroxyl groups is 2. The fourth-order valence-corrected chi connectivity index (χ4v) is 3.49. The molecule has 0 bridgehead atoms. The summed E-state index contributed by atoms with van der Waals surface area (Å²) in [5, 5.41) is 39.1. The first-order valence-corrected chi connectivity index (χ1v) is 9.27. The predicted octanol–water partition coefficient (Wildman–Crippen LogP) is 3.66. The second-order valence-corrected chi connectivity index (χ2v) is 7.33. The number of hydrogen-bond acceptors (Lipinski definition) is 4. The number of aromatic hydroxyl groups is 2. The van der Waals surface area contributed by atoms with Crippen molar-refractivity contribution in [2.45, 2.75) is 51.7 Å². The third kappa shape index (κ3) is 6.36. The van der Waals surface area contributed by atoms with E-state index in [2.05, 4.69) is 0 Å². The van der Waals surface area contributed by atoms with E-state index in [4.69, 9.17) is 0 Å². The van der Waals surface area contributed by atoms with Crippen LogP contribution in [0.15, 0.2) is 48.5 Å². The summed E-state index contributed by atoms with van der Waals surface area (Å²) in [4.78, 5) is 0. The van der Waals surface area contributed by atoms with Gasteiger partial charge >= 0.3 is 0 Å². The van der Waals surface area contributed by atoms with Crippen molar-refractivity contribution in [1.82, 2.24) is 0 Å². The summed E-state index contributed by atoms with van der Waals surface area (Å²) in [6.45, 7) is 3.60. The molecule has 0 unspecified atom stereocenters. The molecule has 0 fully saturated rings. The van der Waals surface area contributed by atoms with Crippen LogP contribution in [0.2, 0.25) is 0 Å². The molecule has 4 atom stereocenters. The van der Waals surface area contributed by atoms with Gasteiger partial charge in [-0.15, -0.1) is 0 Å². The Morgan fingerprint density at radius 2 is 1.15 bits per heavy atom. The highest BCUT2D eigenvalue weighted by Gasteiger charge is 2.26. The van der Waals surface area contributed by atoms with Crippen molar-refractivity contribution in [2.75, 3.05) is 0 Å². The lowest BCUT2D eigenvalue weighted by Crippen LogP contribution is -2.30. The molecule has 0 saturated heterocycles. The minimum absolute atomic E-state index is 0.0343. The third-order valence-corrected chi connectivity index (χ3v) is 5.02. The maximum Gasteiger partial charge on any atom is 0.115 e. The first kappa shape index (κ1) is 20.3. The lowest BCUT2D eigenvalue weighted by molar-refractivity contribution is 0.0752. The summed E-state index contributed by atoms with van der Waals surface area (Å²) >= 11 is 0. The van der Waals surface area contributed by atoms with E-state index in [1.165, 1.54) is 0 Å². The van der Waals surface area contributed by atoms with Crippen molar-refractivity contribution in [3.63, 3.8) is 0 Å². The number of hydrogen-bond donors (Lipinski definition) is 4. The van der Waals surface area contributed by atoms with Gasteiger partial charge in [0.1, 0.15) is 11.5 Å². The Hall–Kier alpha value is -2.04. The molecule has 26 heavy (non-hydrogen) atoms. The van der Waals surface area contributed by atoms with Gasteiger partial charge in [0.15, 0.2) is 0 Å². The molecular formula is C22H30O4. The van der Waals surface area contributed by atoms with Crippen LogP contribution in [0.25, 0.3) is 0 Å². The van der Waals surface area contributed by atoms with E-state index in [1.807, 2.05) is 31.2 Å². The topological polar surface area (TPSA) is 80.9 Å². The number of phenols is 2. The van der Waals surface area contributed by atoms with Crippen LogP contribution < -0.4 is 0 Å². The molecule has 2 aromatic carbocycles. The molecule has 0 aliphatic rings. The van der Waals surface area contributed by atoms with Gasteiger partial charge in [-0.3, -0.25) is 0 Å². The smallest absolute Gasteiger partial charge is 0.115 e. The SMILES string of the molecule is C[C@@H](O)CC[C@@H](Cc1ccc(O)cc1)[C@H](Cc1ccc(O)cc1)[C@@H](C)O. The van der Waals surface area contributed by atoms with Crippen LogP contribution in [0.1, 0.15) is 37.8 Å². The van der Waals surface area contributed by atoms with E-state index in [9.17, 15) is 20.4 Å². The van der Waals surface area contributed by atoms with Crippen molar-refractivity contribution in [3.05, 3.63) is 59.7 Å². The predicted molar refractivity (Wildman–Crippen MR) is 103 cm³/mol. The maximum absolute atomic E-state index is 10.4. The van der Waals surface area contributed by atoms with Crippen LogP contribution in [-0.4, -0.2) is 32.6 Å². The standard InChI is InChI=1S/C22H30O4/c1-15(23)3-8-19(13-17-4-9-20(25)10-5-17)22(16(2)24)14-18-6-11-21(26)12-7-18/h4-7,9-12,15-16,19,22-26H,3,8,13-14H2,1-2H3/t15-,16-,19+,22-/m1/s1. The molecule has 4 N–H and O–H groups in total. The Labute approximate surface area is 155 Å². The van der Waals surface area contributed by atoms with Gasteiger partial charge in [0.05, 0.1) is 12.2 Å². The number of benzene rings is 2. The summed E-state index contributed by atoms with van der Waals surface area (Å²) in [5.41, 5.74) is 2.18. The van der Waals surface area contributed by atoms with Crippen molar-refractivity contribution in [2.24, 2.45) is 11.8 Å². The van der Waals surface area contributed by atoms with E-state index < -0.39 is 6.10 Å². The molecule has 4 nitrogen and oxygen atoms in total. The maximum atomic E-state index is 10.4. The monoisotopic (exact) mass is 358 g/mol. The molecule has 0 heterocycles. The Bertz CT molecular complexity index is 647. The van der Waals surface area contributed by atoms with Crippen LogP contribution >= 0.6 is 0 Å². The Balaban J connectivity index is 2.19. The van der Waals surface area contributed by atoms with Gasteiger partial charge in [0.25, 0.3) is 0 Å². The quantitative estimate of drug-likeness (QED) is 0.551. The minimum Gasteiger partial charge on any atom is -0.508 e. The van der Waals surface area contributed by atoms with Gasteiger partial charge in [0.2, 0.25) is 0 Å². The van der Waals surface area contributed by atoms with Gasteiger partial charge in [0, 0.05) is 0 Å². The molecule has 4 heteroatoms. The van der Waals surface area contributed by atoms with Crippen molar-refractivity contribution in [3.8, 4) is 11.5 Å². The fraction of sp³-hybridized carbons (Fsp3) is 0.455. The number of phenolic OH excluding ortho intramolecular Hbond substituents is 2. The third-order valence-electron chi connectivity index (χ3n) is 5.02. The van der Waals surface area contributed by atoms with Crippen molar-refractivity contribution >= 4 is 0 Å². The molecule has 0 saturated carbocycles. The lowest BCUT2D eigenvalue weighted by Gasteiger charge is -2.30. The highest BCUT2D eigenvalue weighted by Crippen LogP contribution is 2.30. The van der Waals surface area contributed by atoms with Gasteiger partial charge in [-0.2, -0.15) is 0 Å². The van der Waals surface area contributed by atoms with Crippen molar-refractivity contribution < 1.29 is 20.4 Å². The minimum atomic E-state index is -0.486. The van der Waals surface area contributed by atoms with E-state index in [1.54, 1.807) is 31.2 Å². The summed E-state index contributed by atoms with van der Waals surface area (Å²) < 4.78 is 0. The molecular weight excluding hydrogens is 328 g/mol. The Morgan fingerprint density at radius 1 is 0.692 bits per heavy atom. The summed E-state index contributed by atoms with van der Waals surface area (Å²) in [5.74, 6) is 0.706. The van der Waals surface area contributed by atoms with Gasteiger partial charge in [-0.25, -0.2) is 0 Å². The van der Waals surface area contributed by atoms with E-state index in [0.29, 0.717) is 12.8 Å². The molecule has 2 aromatic rings. The van der Waals surface area contributed by atoms with E-state index in [0.717, 1.165) is 24.0 Å². The molecule has 0 spiro atoms. The van der Waals surface area contributed by atoms with Crippen LogP contribution in [0.3, 0.4) is 0 Å². The van der Waals surface area contributed by atoms with Gasteiger partial charge in [-0.05, 0) is 86.8 Å². The average Bonchev–Trinajstić information content (AvgIpc) is 2.59. The Morgan fingerprint density at radius 3 is 1.58 bits per heavy atom. The molecule has 0 aliphatic carbocycles.